The molecule has 1 aliphatic heterocycles. The molecule has 1 N–H and O–H groups in total. The van der Waals surface area contributed by atoms with Crippen molar-refractivity contribution in [3.63, 3.8) is 0 Å². The Kier molecular flexibility index (Phi) is 6.62. The van der Waals surface area contributed by atoms with Gasteiger partial charge in [0, 0.05) is 25.8 Å². The summed E-state index contributed by atoms with van der Waals surface area (Å²) in [6.07, 6.45) is -2.51. The second-order valence-electron chi connectivity index (χ2n) is 6.07. The Bertz CT molecular complexity index is 541. The van der Waals surface area contributed by atoms with Crippen LogP contribution in [0.4, 0.5) is 13.2 Å². The standard InChI is InChI=1S/C17H23F3N2O2/c1-24-10-9-22-7-5-13(6-8-22)12-21-16(23)14-3-2-4-15(11-14)17(18,19)20/h2-4,11,13H,5-10,12H2,1H3,(H,21,23). The number of nitrogens with one attached hydrogen (secondary N) is 1. The molecule has 1 aliphatic rings. The second-order valence-corrected chi connectivity index (χ2v) is 6.07. The summed E-state index contributed by atoms with van der Waals surface area (Å²) in [5.41, 5.74) is -0.760. The number of likely N-dealkylation sites (tertiary alicyclic amines) is 1. The zero-order chi connectivity index (χ0) is 17.6. The fourth-order valence-corrected chi connectivity index (χ4v) is 2.81. The summed E-state index contributed by atoms with van der Waals surface area (Å²) in [4.78, 5) is 14.4. The van der Waals surface area contributed by atoms with Crippen molar-refractivity contribution in [2.24, 2.45) is 5.92 Å². The monoisotopic (exact) mass is 344 g/mol. The minimum atomic E-state index is -4.44. The summed E-state index contributed by atoms with van der Waals surface area (Å²) in [7, 11) is 1.68. The number of carbonyl (C=O) groups excluding carboxylic acids is 1. The third kappa shape index (κ3) is 5.49. The van der Waals surface area contributed by atoms with Crippen LogP contribution >= 0.6 is 0 Å². The van der Waals surface area contributed by atoms with Crippen molar-refractivity contribution < 1.29 is 22.7 Å². The maximum absolute atomic E-state index is 12.7. The summed E-state index contributed by atoms with van der Waals surface area (Å²) >= 11 is 0. The Balaban J connectivity index is 1.80. The summed E-state index contributed by atoms with van der Waals surface area (Å²) in [5.74, 6) is -0.0959. The lowest BCUT2D eigenvalue weighted by molar-refractivity contribution is -0.137. The number of hydrogen-bond acceptors (Lipinski definition) is 3. The quantitative estimate of drug-likeness (QED) is 0.863. The Morgan fingerprint density at radius 3 is 2.67 bits per heavy atom. The van der Waals surface area contributed by atoms with Gasteiger partial charge in [0.25, 0.3) is 5.91 Å². The molecule has 0 spiro atoms. The van der Waals surface area contributed by atoms with Crippen molar-refractivity contribution in [3.05, 3.63) is 35.4 Å². The third-order valence-corrected chi connectivity index (χ3v) is 4.32. The molecule has 0 aromatic heterocycles. The van der Waals surface area contributed by atoms with Crippen molar-refractivity contribution in [2.75, 3.05) is 39.9 Å². The van der Waals surface area contributed by atoms with Gasteiger partial charge in [0.1, 0.15) is 0 Å². The molecule has 4 nitrogen and oxygen atoms in total. The lowest BCUT2D eigenvalue weighted by atomic mass is 9.96. The van der Waals surface area contributed by atoms with Gasteiger partial charge in [-0.3, -0.25) is 4.79 Å². The average Bonchev–Trinajstić information content (AvgIpc) is 2.58. The van der Waals surface area contributed by atoms with Gasteiger partial charge in [-0.1, -0.05) is 6.07 Å². The molecule has 1 heterocycles. The van der Waals surface area contributed by atoms with Gasteiger partial charge in [-0.05, 0) is 50.0 Å². The molecule has 7 heteroatoms. The zero-order valence-electron chi connectivity index (χ0n) is 13.7. The maximum Gasteiger partial charge on any atom is 0.416 e. The van der Waals surface area contributed by atoms with E-state index in [1.165, 1.54) is 12.1 Å². The first-order chi connectivity index (χ1) is 11.4. The first-order valence-electron chi connectivity index (χ1n) is 8.07. The molecule has 1 fully saturated rings. The number of hydrogen-bond donors (Lipinski definition) is 1. The van der Waals surface area contributed by atoms with E-state index in [2.05, 4.69) is 10.2 Å². The average molecular weight is 344 g/mol. The fourth-order valence-electron chi connectivity index (χ4n) is 2.81. The van der Waals surface area contributed by atoms with E-state index < -0.39 is 17.6 Å². The first kappa shape index (κ1) is 18.7. The predicted molar refractivity (Wildman–Crippen MR) is 84.8 cm³/mol. The van der Waals surface area contributed by atoms with E-state index in [0.717, 1.165) is 44.6 Å². The van der Waals surface area contributed by atoms with Gasteiger partial charge in [-0.2, -0.15) is 13.2 Å². The molecule has 0 saturated carbocycles. The number of carbonyl (C=O) groups is 1. The van der Waals surface area contributed by atoms with Gasteiger partial charge in [-0.25, -0.2) is 0 Å². The molecule has 0 unspecified atom stereocenters. The van der Waals surface area contributed by atoms with Crippen LogP contribution < -0.4 is 5.32 Å². The third-order valence-electron chi connectivity index (χ3n) is 4.32. The number of benzene rings is 1. The number of amides is 1. The van der Waals surface area contributed by atoms with Crippen molar-refractivity contribution in [2.45, 2.75) is 19.0 Å². The highest BCUT2D eigenvalue weighted by Gasteiger charge is 2.31. The predicted octanol–water partition coefficient (Wildman–Crippen LogP) is 2.79. The molecule has 0 atom stereocenters. The molecule has 1 amide bonds. The van der Waals surface area contributed by atoms with Crippen LogP contribution in [0.15, 0.2) is 24.3 Å². The van der Waals surface area contributed by atoms with Gasteiger partial charge in [0.2, 0.25) is 0 Å². The van der Waals surface area contributed by atoms with Crippen LogP contribution in [-0.4, -0.2) is 50.7 Å². The smallest absolute Gasteiger partial charge is 0.383 e. The number of halogens is 3. The summed E-state index contributed by atoms with van der Waals surface area (Å²) in [6, 6.07) is 4.51. The number of methoxy groups -OCH3 is 1. The highest BCUT2D eigenvalue weighted by Crippen LogP contribution is 2.29. The van der Waals surface area contributed by atoms with Gasteiger partial charge in [0.05, 0.1) is 12.2 Å². The molecule has 1 aromatic carbocycles. The highest BCUT2D eigenvalue weighted by atomic mass is 19.4. The SMILES string of the molecule is COCCN1CCC(CNC(=O)c2cccc(C(F)(F)F)c2)CC1. The van der Waals surface area contributed by atoms with Gasteiger partial charge >= 0.3 is 6.18 Å². The highest BCUT2D eigenvalue weighted by molar-refractivity contribution is 5.94. The van der Waals surface area contributed by atoms with Crippen molar-refractivity contribution in [1.82, 2.24) is 10.2 Å². The lowest BCUT2D eigenvalue weighted by Gasteiger charge is -2.31. The molecule has 134 valence electrons. The molecule has 0 radical (unpaired) electrons. The maximum atomic E-state index is 12.7. The lowest BCUT2D eigenvalue weighted by Crippen LogP contribution is -2.39. The number of nitrogens with zero attached hydrogens (tertiary/aromatic N) is 1. The van der Waals surface area contributed by atoms with Crippen LogP contribution in [0.25, 0.3) is 0 Å². The topological polar surface area (TPSA) is 41.6 Å². The van der Waals surface area contributed by atoms with Gasteiger partial charge < -0.3 is 15.0 Å². The molecule has 2 rings (SSSR count). The molecule has 0 aliphatic carbocycles. The largest absolute Gasteiger partial charge is 0.416 e. The molecular formula is C17H23F3N2O2. The molecule has 1 aromatic rings. The van der Waals surface area contributed by atoms with E-state index in [9.17, 15) is 18.0 Å². The van der Waals surface area contributed by atoms with E-state index in [4.69, 9.17) is 4.74 Å². The normalized spacial score (nSPS) is 17.0. The minimum Gasteiger partial charge on any atom is -0.383 e. The Hall–Kier alpha value is -1.60. The summed E-state index contributed by atoms with van der Waals surface area (Å²) in [6.45, 7) is 4.00. The fraction of sp³-hybridized carbons (Fsp3) is 0.588. The number of alkyl halides is 3. The van der Waals surface area contributed by atoms with E-state index >= 15 is 0 Å². The van der Waals surface area contributed by atoms with E-state index in [1.54, 1.807) is 7.11 Å². The van der Waals surface area contributed by atoms with Gasteiger partial charge in [0.15, 0.2) is 0 Å². The van der Waals surface area contributed by atoms with Crippen LogP contribution in [0, 0.1) is 5.92 Å². The molecule has 1 saturated heterocycles. The van der Waals surface area contributed by atoms with Gasteiger partial charge in [-0.15, -0.1) is 0 Å². The molecular weight excluding hydrogens is 321 g/mol. The summed E-state index contributed by atoms with van der Waals surface area (Å²) in [5, 5.41) is 2.76. The van der Waals surface area contributed by atoms with E-state index in [1.807, 2.05) is 0 Å². The van der Waals surface area contributed by atoms with Crippen LogP contribution in [0.3, 0.4) is 0 Å². The first-order valence-corrected chi connectivity index (χ1v) is 8.07. The van der Waals surface area contributed by atoms with Crippen LogP contribution in [0.1, 0.15) is 28.8 Å². The Morgan fingerprint density at radius 2 is 2.04 bits per heavy atom. The number of piperidine rings is 1. The number of rotatable bonds is 6. The van der Waals surface area contributed by atoms with Crippen LogP contribution in [0.5, 0.6) is 0 Å². The molecule has 24 heavy (non-hydrogen) atoms. The van der Waals surface area contributed by atoms with Crippen molar-refractivity contribution >= 4 is 5.91 Å². The second kappa shape index (κ2) is 8.48. The zero-order valence-corrected chi connectivity index (χ0v) is 13.7. The summed E-state index contributed by atoms with van der Waals surface area (Å²) < 4.78 is 43.1. The number of ether oxygens (including phenoxy) is 1. The van der Waals surface area contributed by atoms with Crippen molar-refractivity contribution in [1.29, 1.82) is 0 Å². The van der Waals surface area contributed by atoms with E-state index in [-0.39, 0.29) is 5.56 Å². The van der Waals surface area contributed by atoms with E-state index in [0.29, 0.717) is 19.1 Å². The van der Waals surface area contributed by atoms with Crippen molar-refractivity contribution in [3.8, 4) is 0 Å². The minimum absolute atomic E-state index is 0.0438. The molecule has 0 bridgehead atoms. The Labute approximate surface area is 140 Å². The van der Waals surface area contributed by atoms with Crippen LogP contribution in [-0.2, 0) is 10.9 Å². The Morgan fingerprint density at radius 1 is 1.33 bits per heavy atom. The van der Waals surface area contributed by atoms with Crippen LogP contribution in [0.2, 0.25) is 0 Å².